The molecule has 0 saturated carbocycles. The van der Waals surface area contributed by atoms with E-state index in [0.717, 1.165) is 25.6 Å². The third kappa shape index (κ3) is 1.78. The van der Waals surface area contributed by atoms with E-state index < -0.39 is 0 Å². The molecule has 0 fully saturated rings. The molecule has 0 amide bonds. The molecule has 15 heavy (non-hydrogen) atoms. The van der Waals surface area contributed by atoms with Crippen molar-refractivity contribution in [2.45, 2.75) is 33.4 Å². The molecular formula is C12H19N2O+. The minimum absolute atomic E-state index is 0.528. The monoisotopic (exact) mass is 207 g/mol. The summed E-state index contributed by atoms with van der Waals surface area (Å²) in [5.74, 6) is 1.01. The van der Waals surface area contributed by atoms with E-state index in [0.29, 0.717) is 6.04 Å². The van der Waals surface area contributed by atoms with Gasteiger partial charge in [0.25, 0.3) is 0 Å². The molecule has 0 radical (unpaired) electrons. The zero-order valence-electron chi connectivity index (χ0n) is 9.73. The average Bonchev–Trinajstić information content (AvgIpc) is 2.27. The van der Waals surface area contributed by atoms with Crippen LogP contribution in [0, 0.1) is 0 Å². The Kier molecular flexibility index (Phi) is 2.80. The molecule has 2 rings (SSSR count). The number of fused-ring (bicyclic) bond motifs is 1. The van der Waals surface area contributed by atoms with Crippen LogP contribution < -0.4 is 14.2 Å². The summed E-state index contributed by atoms with van der Waals surface area (Å²) in [6, 6.07) is 4.76. The van der Waals surface area contributed by atoms with Gasteiger partial charge in [0.05, 0.1) is 6.54 Å². The number of nitrogens with zero attached hydrogens (tertiary/aromatic N) is 2. The summed E-state index contributed by atoms with van der Waals surface area (Å²) >= 11 is 0. The van der Waals surface area contributed by atoms with Gasteiger partial charge in [-0.15, -0.1) is 0 Å². The predicted molar refractivity (Wildman–Crippen MR) is 60.3 cm³/mol. The van der Waals surface area contributed by atoms with E-state index in [9.17, 15) is 0 Å². The minimum atomic E-state index is 0.528. The fourth-order valence-corrected chi connectivity index (χ4v) is 2.05. The average molecular weight is 207 g/mol. The molecule has 0 aliphatic carbocycles. The molecule has 0 atom stereocenters. The number of pyridine rings is 1. The highest BCUT2D eigenvalue weighted by Crippen LogP contribution is 2.28. The molecule has 1 aliphatic heterocycles. The molecule has 82 valence electrons. The summed E-state index contributed by atoms with van der Waals surface area (Å²) in [5, 5.41) is 0. The van der Waals surface area contributed by atoms with Crippen molar-refractivity contribution in [2.24, 2.45) is 0 Å². The molecule has 0 aromatic carbocycles. The van der Waals surface area contributed by atoms with Gasteiger partial charge in [0.1, 0.15) is 13.2 Å². The van der Waals surface area contributed by atoms with E-state index in [2.05, 4.69) is 48.6 Å². The third-order valence-corrected chi connectivity index (χ3v) is 2.84. The van der Waals surface area contributed by atoms with Crippen LogP contribution in [-0.4, -0.2) is 19.2 Å². The van der Waals surface area contributed by atoms with Crippen LogP contribution in [0.15, 0.2) is 18.3 Å². The molecule has 0 bridgehead atoms. The van der Waals surface area contributed by atoms with Gasteiger partial charge < -0.3 is 9.64 Å². The van der Waals surface area contributed by atoms with Gasteiger partial charge in [0.2, 0.25) is 0 Å². The molecule has 3 nitrogen and oxygen atoms in total. The van der Waals surface area contributed by atoms with Gasteiger partial charge in [0.15, 0.2) is 11.9 Å². The van der Waals surface area contributed by atoms with Crippen molar-refractivity contribution in [1.82, 2.24) is 0 Å². The number of hydrogen-bond acceptors (Lipinski definition) is 2. The highest BCUT2D eigenvalue weighted by atomic mass is 16.5. The third-order valence-electron chi connectivity index (χ3n) is 2.84. The maximum absolute atomic E-state index is 5.75. The fraction of sp³-hybridized carbons (Fsp3) is 0.583. The lowest BCUT2D eigenvalue weighted by molar-refractivity contribution is -0.698. The maximum Gasteiger partial charge on any atom is 0.392 e. The largest absolute Gasteiger partial charge is 0.441 e. The van der Waals surface area contributed by atoms with Gasteiger partial charge in [-0.2, -0.15) is 4.57 Å². The first-order valence-electron chi connectivity index (χ1n) is 5.66. The van der Waals surface area contributed by atoms with Gasteiger partial charge in [0, 0.05) is 12.1 Å². The zero-order valence-corrected chi connectivity index (χ0v) is 9.73. The minimum Gasteiger partial charge on any atom is -0.441 e. The Morgan fingerprint density at radius 3 is 3.00 bits per heavy atom. The lowest BCUT2D eigenvalue weighted by atomic mass is 10.2. The summed E-state index contributed by atoms with van der Waals surface area (Å²) < 4.78 is 7.90. The lowest BCUT2D eigenvalue weighted by Crippen LogP contribution is -2.44. The highest BCUT2D eigenvalue weighted by Gasteiger charge is 2.27. The molecule has 1 aromatic rings. The van der Waals surface area contributed by atoms with Gasteiger partial charge in [-0.05, 0) is 26.8 Å². The summed E-state index contributed by atoms with van der Waals surface area (Å²) in [4.78, 5) is 2.39. The Morgan fingerprint density at radius 1 is 1.53 bits per heavy atom. The Labute approximate surface area is 91.3 Å². The summed E-state index contributed by atoms with van der Waals surface area (Å²) in [5.41, 5.74) is 1.22. The first kappa shape index (κ1) is 10.3. The second kappa shape index (κ2) is 4.09. The van der Waals surface area contributed by atoms with Gasteiger partial charge in [-0.1, -0.05) is 0 Å². The van der Waals surface area contributed by atoms with Crippen LogP contribution in [0.25, 0.3) is 0 Å². The van der Waals surface area contributed by atoms with E-state index in [4.69, 9.17) is 4.74 Å². The number of hydrogen-bond donors (Lipinski definition) is 0. The zero-order chi connectivity index (χ0) is 10.8. The number of aromatic nitrogens is 1. The molecule has 0 saturated heterocycles. The smallest absolute Gasteiger partial charge is 0.392 e. The first-order chi connectivity index (χ1) is 7.24. The molecule has 1 aliphatic rings. The van der Waals surface area contributed by atoms with Gasteiger partial charge >= 0.3 is 5.88 Å². The van der Waals surface area contributed by atoms with E-state index in [1.165, 1.54) is 5.69 Å². The molecule has 0 N–H and O–H groups in total. The summed E-state index contributed by atoms with van der Waals surface area (Å²) in [6.45, 7) is 9.30. The molecule has 1 aromatic heterocycles. The van der Waals surface area contributed by atoms with E-state index in [1.807, 2.05) is 0 Å². The second-order valence-corrected chi connectivity index (χ2v) is 4.12. The standard InChI is InChI=1S/C12H19N2O/c1-4-13-7-5-6-11-12(13)15-9-8-14(11)10(2)3/h5-7,10H,4,8-9H2,1-3H3/q+1. The van der Waals surface area contributed by atoms with Gasteiger partial charge in [-0.25, -0.2) is 0 Å². The maximum atomic E-state index is 5.75. The van der Waals surface area contributed by atoms with Crippen molar-refractivity contribution < 1.29 is 9.30 Å². The SMILES string of the molecule is CC[n+]1cccc2c1OCCN2C(C)C. The molecular weight excluding hydrogens is 188 g/mol. The lowest BCUT2D eigenvalue weighted by Gasteiger charge is -2.32. The molecule has 0 unspecified atom stereocenters. The van der Waals surface area contributed by atoms with E-state index >= 15 is 0 Å². The Hall–Kier alpha value is -1.25. The normalized spacial score (nSPS) is 15.1. The van der Waals surface area contributed by atoms with Crippen LogP contribution in [0.3, 0.4) is 0 Å². The Balaban J connectivity index is 2.44. The van der Waals surface area contributed by atoms with Crippen molar-refractivity contribution >= 4 is 5.69 Å². The highest BCUT2D eigenvalue weighted by molar-refractivity contribution is 5.54. The topological polar surface area (TPSA) is 16.4 Å². The van der Waals surface area contributed by atoms with Crippen molar-refractivity contribution in [3.8, 4) is 5.88 Å². The quantitative estimate of drug-likeness (QED) is 0.685. The van der Waals surface area contributed by atoms with Crippen molar-refractivity contribution in [3.63, 3.8) is 0 Å². The van der Waals surface area contributed by atoms with Crippen LogP contribution in [0.4, 0.5) is 5.69 Å². The van der Waals surface area contributed by atoms with Gasteiger partial charge in [-0.3, -0.25) is 0 Å². The number of aryl methyl sites for hydroxylation is 1. The Bertz CT molecular complexity index is 349. The first-order valence-corrected chi connectivity index (χ1v) is 5.66. The predicted octanol–water partition coefficient (Wildman–Crippen LogP) is 1.60. The van der Waals surface area contributed by atoms with Crippen LogP contribution in [0.1, 0.15) is 20.8 Å². The number of rotatable bonds is 2. The molecule has 3 heteroatoms. The van der Waals surface area contributed by atoms with Crippen LogP contribution in [0.5, 0.6) is 5.88 Å². The number of ether oxygens (including phenoxy) is 1. The van der Waals surface area contributed by atoms with Crippen LogP contribution >= 0.6 is 0 Å². The van der Waals surface area contributed by atoms with E-state index in [-0.39, 0.29) is 0 Å². The summed E-state index contributed by atoms with van der Waals surface area (Å²) in [6.07, 6.45) is 2.07. The van der Waals surface area contributed by atoms with Crippen molar-refractivity contribution in [3.05, 3.63) is 18.3 Å². The molecule has 2 heterocycles. The fourth-order valence-electron chi connectivity index (χ4n) is 2.05. The second-order valence-electron chi connectivity index (χ2n) is 4.12. The van der Waals surface area contributed by atoms with Crippen molar-refractivity contribution in [2.75, 3.05) is 18.1 Å². The summed E-state index contributed by atoms with van der Waals surface area (Å²) in [7, 11) is 0. The van der Waals surface area contributed by atoms with Crippen molar-refractivity contribution in [1.29, 1.82) is 0 Å². The van der Waals surface area contributed by atoms with Crippen LogP contribution in [0.2, 0.25) is 0 Å². The van der Waals surface area contributed by atoms with Crippen LogP contribution in [-0.2, 0) is 6.54 Å². The number of anilines is 1. The van der Waals surface area contributed by atoms with E-state index in [1.54, 1.807) is 0 Å². The molecule has 0 spiro atoms. The Morgan fingerprint density at radius 2 is 2.33 bits per heavy atom.